The molecule has 1 N–H and O–H groups in total. The third-order valence-corrected chi connectivity index (χ3v) is 3.63. The first-order chi connectivity index (χ1) is 10.5. The Morgan fingerprint density at radius 3 is 2.73 bits per heavy atom. The molecule has 2 aromatic carbocycles. The molecule has 0 aliphatic carbocycles. The summed E-state index contributed by atoms with van der Waals surface area (Å²) in [4.78, 5) is 22.1. The summed E-state index contributed by atoms with van der Waals surface area (Å²) in [5, 5.41) is 13.7. The lowest BCUT2D eigenvalue weighted by Gasteiger charge is -2.09. The van der Waals surface area contributed by atoms with E-state index in [-0.39, 0.29) is 12.3 Å². The Bertz CT molecular complexity index is 724. The third kappa shape index (κ3) is 4.19. The molecular weight excluding hydrogens is 376 g/mol. The van der Waals surface area contributed by atoms with Crippen LogP contribution in [0.3, 0.4) is 0 Å². The maximum atomic E-state index is 11.9. The zero-order chi connectivity index (χ0) is 16.1. The monoisotopic (exact) mass is 384 g/mol. The van der Waals surface area contributed by atoms with E-state index < -0.39 is 10.8 Å². The number of nitrogens with one attached hydrogen (secondary N) is 1. The second-order valence-electron chi connectivity index (χ2n) is 4.19. The number of non-ortho nitro benzene ring substituents is 1. The number of anilines is 1. The summed E-state index contributed by atoms with van der Waals surface area (Å²) < 4.78 is 5.83. The number of benzene rings is 2. The highest BCUT2D eigenvalue weighted by molar-refractivity contribution is 9.10. The predicted molar refractivity (Wildman–Crippen MR) is 86.4 cm³/mol. The first-order valence-electron chi connectivity index (χ1n) is 6.08. The quantitative estimate of drug-likeness (QED) is 0.622. The largest absolute Gasteiger partial charge is 0.482 e. The van der Waals surface area contributed by atoms with E-state index in [0.29, 0.717) is 20.9 Å². The van der Waals surface area contributed by atoms with Gasteiger partial charge in [-0.15, -0.1) is 0 Å². The topological polar surface area (TPSA) is 81.5 Å². The van der Waals surface area contributed by atoms with Crippen molar-refractivity contribution in [2.24, 2.45) is 0 Å². The van der Waals surface area contributed by atoms with Crippen LogP contribution in [0, 0.1) is 10.1 Å². The Hall–Kier alpha value is -2.12. The molecule has 22 heavy (non-hydrogen) atoms. The second kappa shape index (κ2) is 7.24. The van der Waals surface area contributed by atoms with Gasteiger partial charge in [0.15, 0.2) is 6.61 Å². The lowest BCUT2D eigenvalue weighted by molar-refractivity contribution is -0.384. The number of rotatable bonds is 5. The summed E-state index contributed by atoms with van der Waals surface area (Å²) >= 11 is 9.13. The first kappa shape index (κ1) is 16.3. The van der Waals surface area contributed by atoms with Crippen LogP contribution in [0.1, 0.15) is 0 Å². The zero-order valence-corrected chi connectivity index (χ0v) is 13.4. The highest BCUT2D eigenvalue weighted by Gasteiger charge is 2.12. The maximum absolute atomic E-state index is 11.9. The average molecular weight is 386 g/mol. The van der Waals surface area contributed by atoms with Crippen molar-refractivity contribution in [2.75, 3.05) is 11.9 Å². The second-order valence-corrected chi connectivity index (χ2v) is 5.45. The molecule has 114 valence electrons. The molecule has 0 bridgehead atoms. The number of carbonyl (C=O) groups is 1. The van der Waals surface area contributed by atoms with Crippen molar-refractivity contribution in [3.63, 3.8) is 0 Å². The number of hydrogen-bond acceptors (Lipinski definition) is 4. The molecule has 0 spiro atoms. The molecule has 0 heterocycles. The van der Waals surface area contributed by atoms with Gasteiger partial charge in [0.1, 0.15) is 5.75 Å². The molecule has 0 saturated carbocycles. The number of para-hydroxylation sites is 1. The predicted octanol–water partition coefficient (Wildman–Crippen LogP) is 4.03. The number of nitro benzene ring substituents is 1. The Labute approximate surface area is 139 Å². The number of ether oxygens (including phenoxy) is 1. The molecule has 0 fully saturated rings. The molecule has 2 aromatic rings. The van der Waals surface area contributed by atoms with E-state index in [9.17, 15) is 14.9 Å². The van der Waals surface area contributed by atoms with Crippen LogP contribution in [-0.4, -0.2) is 17.4 Å². The van der Waals surface area contributed by atoms with Gasteiger partial charge in [0.25, 0.3) is 11.6 Å². The Kier molecular flexibility index (Phi) is 5.35. The highest BCUT2D eigenvalue weighted by atomic mass is 79.9. The van der Waals surface area contributed by atoms with Crippen molar-refractivity contribution in [2.45, 2.75) is 0 Å². The minimum absolute atomic E-state index is 0.120. The zero-order valence-electron chi connectivity index (χ0n) is 11.1. The highest BCUT2D eigenvalue weighted by Crippen LogP contribution is 2.27. The Balaban J connectivity index is 2.02. The van der Waals surface area contributed by atoms with Crippen LogP contribution in [0.5, 0.6) is 5.75 Å². The van der Waals surface area contributed by atoms with E-state index in [1.165, 1.54) is 18.2 Å². The van der Waals surface area contributed by atoms with Gasteiger partial charge in [-0.05, 0) is 34.1 Å². The molecule has 0 radical (unpaired) electrons. The fourth-order valence-electron chi connectivity index (χ4n) is 1.61. The summed E-state index contributed by atoms with van der Waals surface area (Å²) in [6.07, 6.45) is 0. The standard InChI is InChI=1S/C14H10BrClN2O4/c15-10-6-5-9(18(20)21)7-12(10)17-14(19)8-22-13-4-2-1-3-11(13)16/h1-7H,8H2,(H,17,19). The van der Waals surface area contributed by atoms with Gasteiger partial charge in [-0.25, -0.2) is 0 Å². The van der Waals surface area contributed by atoms with Crippen molar-refractivity contribution in [3.05, 3.63) is 62.1 Å². The number of hydrogen-bond donors (Lipinski definition) is 1. The number of amides is 1. The normalized spacial score (nSPS) is 10.1. The lowest BCUT2D eigenvalue weighted by atomic mass is 10.3. The fraction of sp³-hybridized carbons (Fsp3) is 0.0714. The molecule has 0 atom stereocenters. The van der Waals surface area contributed by atoms with Crippen LogP contribution >= 0.6 is 27.5 Å². The minimum Gasteiger partial charge on any atom is -0.482 e. The van der Waals surface area contributed by atoms with E-state index in [2.05, 4.69) is 21.2 Å². The molecule has 0 aliphatic rings. The SMILES string of the molecule is O=C(COc1ccccc1Cl)Nc1cc([N+](=O)[O-])ccc1Br. The van der Waals surface area contributed by atoms with Crippen molar-refractivity contribution in [1.82, 2.24) is 0 Å². The van der Waals surface area contributed by atoms with Crippen molar-refractivity contribution in [3.8, 4) is 5.75 Å². The molecule has 2 rings (SSSR count). The smallest absolute Gasteiger partial charge is 0.271 e. The number of carbonyl (C=O) groups excluding carboxylic acids is 1. The van der Waals surface area contributed by atoms with Gasteiger partial charge in [0.2, 0.25) is 0 Å². The molecule has 0 aliphatic heterocycles. The van der Waals surface area contributed by atoms with Gasteiger partial charge in [-0.3, -0.25) is 14.9 Å². The maximum Gasteiger partial charge on any atom is 0.271 e. The third-order valence-electron chi connectivity index (χ3n) is 2.63. The molecule has 0 unspecified atom stereocenters. The molecule has 8 heteroatoms. The minimum atomic E-state index is -0.539. The summed E-state index contributed by atoms with van der Waals surface area (Å²) in [6, 6.07) is 10.8. The van der Waals surface area contributed by atoms with Crippen LogP contribution in [0.4, 0.5) is 11.4 Å². The summed E-state index contributed by atoms with van der Waals surface area (Å²) in [5.41, 5.74) is 0.174. The van der Waals surface area contributed by atoms with E-state index in [4.69, 9.17) is 16.3 Å². The fourth-order valence-corrected chi connectivity index (χ4v) is 2.15. The average Bonchev–Trinajstić information content (AvgIpc) is 2.48. The van der Waals surface area contributed by atoms with Gasteiger partial charge in [0.05, 0.1) is 15.6 Å². The molecule has 0 aromatic heterocycles. The lowest BCUT2D eigenvalue weighted by Crippen LogP contribution is -2.20. The van der Waals surface area contributed by atoms with E-state index in [1.54, 1.807) is 24.3 Å². The van der Waals surface area contributed by atoms with Crippen molar-refractivity contribution in [1.29, 1.82) is 0 Å². The van der Waals surface area contributed by atoms with Crippen molar-refractivity contribution >= 4 is 44.8 Å². The summed E-state index contributed by atoms with van der Waals surface area (Å²) in [7, 11) is 0. The van der Waals surface area contributed by atoms with Gasteiger partial charge in [0, 0.05) is 16.6 Å². The Morgan fingerprint density at radius 1 is 1.32 bits per heavy atom. The molecular formula is C14H10BrClN2O4. The van der Waals surface area contributed by atoms with E-state index in [1.807, 2.05) is 0 Å². The molecule has 1 amide bonds. The number of nitro groups is 1. The van der Waals surface area contributed by atoms with Gasteiger partial charge in [-0.1, -0.05) is 23.7 Å². The van der Waals surface area contributed by atoms with Gasteiger partial charge >= 0.3 is 0 Å². The summed E-state index contributed by atoms with van der Waals surface area (Å²) in [5.74, 6) is -0.0708. The molecule has 6 nitrogen and oxygen atoms in total. The van der Waals surface area contributed by atoms with Crippen LogP contribution in [-0.2, 0) is 4.79 Å². The first-order valence-corrected chi connectivity index (χ1v) is 7.25. The van der Waals surface area contributed by atoms with Crippen molar-refractivity contribution < 1.29 is 14.5 Å². The number of nitrogens with zero attached hydrogens (tertiary/aromatic N) is 1. The van der Waals surface area contributed by atoms with Crippen LogP contribution in [0.25, 0.3) is 0 Å². The summed E-state index contributed by atoms with van der Waals surface area (Å²) in [6.45, 7) is -0.265. The Morgan fingerprint density at radius 2 is 2.05 bits per heavy atom. The van der Waals surface area contributed by atoms with E-state index >= 15 is 0 Å². The van der Waals surface area contributed by atoms with Crippen LogP contribution < -0.4 is 10.1 Å². The van der Waals surface area contributed by atoms with Crippen LogP contribution in [0.2, 0.25) is 5.02 Å². The van der Waals surface area contributed by atoms with E-state index in [0.717, 1.165) is 0 Å². The van der Waals surface area contributed by atoms with Gasteiger partial charge < -0.3 is 10.1 Å². The van der Waals surface area contributed by atoms with Gasteiger partial charge in [-0.2, -0.15) is 0 Å². The van der Waals surface area contributed by atoms with Crippen LogP contribution in [0.15, 0.2) is 46.9 Å². The molecule has 0 saturated heterocycles. The number of halogens is 2.